The van der Waals surface area contributed by atoms with E-state index >= 15 is 0 Å². The van der Waals surface area contributed by atoms with Gasteiger partial charge in [-0.2, -0.15) is 0 Å². The van der Waals surface area contributed by atoms with E-state index in [4.69, 9.17) is 4.74 Å². The number of aliphatic carboxylic acids is 1. The summed E-state index contributed by atoms with van der Waals surface area (Å²) in [6, 6.07) is 4.46. The molecule has 0 aromatic heterocycles. The lowest BCUT2D eigenvalue weighted by molar-refractivity contribution is -0.384. The van der Waals surface area contributed by atoms with Crippen LogP contribution in [0.1, 0.15) is 19.8 Å². The third-order valence-corrected chi connectivity index (χ3v) is 3.77. The van der Waals surface area contributed by atoms with Crippen LogP contribution in [-0.2, 0) is 4.79 Å². The minimum Gasteiger partial charge on any atom is -0.496 e. The average molecular weight is 280 g/mol. The molecule has 7 nitrogen and oxygen atoms in total. The molecule has 108 valence electrons. The summed E-state index contributed by atoms with van der Waals surface area (Å²) < 4.78 is 4.98. The van der Waals surface area contributed by atoms with Crippen LogP contribution in [0.2, 0.25) is 0 Å². The molecular formula is C13H16N2O5. The van der Waals surface area contributed by atoms with E-state index < -0.39 is 16.4 Å². The molecule has 1 N–H and O–H groups in total. The molecule has 1 atom stereocenters. The first kappa shape index (κ1) is 14.1. The molecule has 1 unspecified atom stereocenters. The van der Waals surface area contributed by atoms with Crippen LogP contribution in [0.25, 0.3) is 0 Å². The normalized spacial score (nSPS) is 21.8. The smallest absolute Gasteiger partial charge is 0.329 e. The summed E-state index contributed by atoms with van der Waals surface area (Å²) >= 11 is 0. The van der Waals surface area contributed by atoms with Gasteiger partial charge in [0.1, 0.15) is 17.0 Å². The number of methoxy groups -OCH3 is 1. The lowest BCUT2D eigenvalue weighted by atomic mass is 9.98. The number of carbonyl (C=O) groups is 1. The summed E-state index contributed by atoms with van der Waals surface area (Å²) in [6.07, 6.45) is 1.15. The van der Waals surface area contributed by atoms with Gasteiger partial charge in [-0.15, -0.1) is 0 Å². The van der Waals surface area contributed by atoms with Gasteiger partial charge in [0.05, 0.1) is 18.1 Å². The molecule has 0 spiro atoms. The number of nitrogens with zero attached hydrogens (tertiary/aromatic N) is 2. The second-order valence-corrected chi connectivity index (χ2v) is 4.95. The van der Waals surface area contributed by atoms with E-state index in [0.717, 1.165) is 0 Å². The Morgan fingerprint density at radius 2 is 2.25 bits per heavy atom. The van der Waals surface area contributed by atoms with Crippen LogP contribution in [0.3, 0.4) is 0 Å². The quantitative estimate of drug-likeness (QED) is 0.670. The van der Waals surface area contributed by atoms with Crippen LogP contribution in [0.15, 0.2) is 18.2 Å². The molecule has 1 aliphatic rings. The fourth-order valence-electron chi connectivity index (χ4n) is 2.58. The van der Waals surface area contributed by atoms with Crippen molar-refractivity contribution in [2.45, 2.75) is 25.3 Å². The molecule has 1 saturated heterocycles. The molecule has 0 amide bonds. The predicted octanol–water partition coefficient (Wildman–Crippen LogP) is 2.05. The number of carboxylic acid groups (broad SMARTS) is 1. The monoisotopic (exact) mass is 280 g/mol. The zero-order valence-electron chi connectivity index (χ0n) is 11.3. The summed E-state index contributed by atoms with van der Waals surface area (Å²) in [5, 5.41) is 20.6. The number of hydrogen-bond acceptors (Lipinski definition) is 5. The minimum atomic E-state index is -1.11. The molecule has 1 fully saturated rings. The lowest BCUT2D eigenvalue weighted by Crippen LogP contribution is -2.48. The maximum absolute atomic E-state index is 11.5. The van der Waals surface area contributed by atoms with E-state index in [0.29, 0.717) is 30.8 Å². The number of nitro benzene ring substituents is 1. The number of ether oxygens (including phenoxy) is 1. The van der Waals surface area contributed by atoms with E-state index in [2.05, 4.69) is 0 Å². The van der Waals surface area contributed by atoms with Crippen LogP contribution in [0.4, 0.5) is 11.4 Å². The second-order valence-electron chi connectivity index (χ2n) is 4.95. The van der Waals surface area contributed by atoms with Crippen LogP contribution in [0, 0.1) is 10.1 Å². The van der Waals surface area contributed by atoms with Gasteiger partial charge in [-0.25, -0.2) is 4.79 Å². The summed E-state index contributed by atoms with van der Waals surface area (Å²) in [5.41, 5.74) is -0.934. The van der Waals surface area contributed by atoms with Crippen molar-refractivity contribution in [2.75, 3.05) is 18.6 Å². The molecule has 20 heavy (non-hydrogen) atoms. The average Bonchev–Trinajstić information content (AvgIpc) is 2.81. The first-order valence-electron chi connectivity index (χ1n) is 6.23. The van der Waals surface area contributed by atoms with Crippen molar-refractivity contribution in [3.63, 3.8) is 0 Å². The number of benzene rings is 1. The van der Waals surface area contributed by atoms with E-state index in [-0.39, 0.29) is 5.69 Å². The number of carboxylic acids is 1. The first-order chi connectivity index (χ1) is 9.40. The Morgan fingerprint density at radius 3 is 2.80 bits per heavy atom. The van der Waals surface area contributed by atoms with Gasteiger partial charge >= 0.3 is 5.97 Å². The van der Waals surface area contributed by atoms with Gasteiger partial charge in [-0.3, -0.25) is 10.1 Å². The highest BCUT2D eigenvalue weighted by molar-refractivity contribution is 5.85. The number of nitro groups is 1. The predicted molar refractivity (Wildman–Crippen MR) is 72.3 cm³/mol. The molecule has 0 aliphatic carbocycles. The first-order valence-corrected chi connectivity index (χ1v) is 6.23. The molecule has 1 aliphatic heterocycles. The third kappa shape index (κ3) is 2.15. The topological polar surface area (TPSA) is 92.9 Å². The van der Waals surface area contributed by atoms with Crippen molar-refractivity contribution >= 4 is 17.3 Å². The Kier molecular flexibility index (Phi) is 3.52. The molecule has 0 saturated carbocycles. The maximum Gasteiger partial charge on any atom is 0.329 e. The number of hydrogen-bond donors (Lipinski definition) is 1. The zero-order chi connectivity index (χ0) is 14.9. The van der Waals surface area contributed by atoms with Crippen LogP contribution in [-0.4, -0.2) is 35.2 Å². The van der Waals surface area contributed by atoms with Crippen LogP contribution < -0.4 is 9.64 Å². The molecule has 1 aromatic rings. The highest BCUT2D eigenvalue weighted by Gasteiger charge is 2.45. The molecular weight excluding hydrogens is 264 g/mol. The Hall–Kier alpha value is -2.31. The molecule has 0 radical (unpaired) electrons. The summed E-state index contributed by atoms with van der Waals surface area (Å²) in [7, 11) is 1.43. The van der Waals surface area contributed by atoms with Crippen molar-refractivity contribution < 1.29 is 19.6 Å². The molecule has 0 bridgehead atoms. The highest BCUT2D eigenvalue weighted by atomic mass is 16.6. The van der Waals surface area contributed by atoms with Gasteiger partial charge in [-0.05, 0) is 31.9 Å². The Bertz CT molecular complexity index is 560. The standard InChI is InChI=1S/C13H16N2O5/c1-13(12(16)17)6-3-7-14(13)10-5-4-9(20-2)8-11(10)15(18)19/h4-5,8H,3,6-7H2,1-2H3,(H,16,17). The van der Waals surface area contributed by atoms with Gasteiger partial charge in [0.15, 0.2) is 0 Å². The SMILES string of the molecule is COc1ccc(N2CCCC2(C)C(=O)O)c([N+](=O)[O-])c1. The highest BCUT2D eigenvalue weighted by Crippen LogP contribution is 2.40. The Balaban J connectivity index is 2.52. The fraction of sp³-hybridized carbons (Fsp3) is 0.462. The molecule has 1 aromatic carbocycles. The zero-order valence-corrected chi connectivity index (χ0v) is 11.3. The molecule has 1 heterocycles. The van der Waals surface area contributed by atoms with Gasteiger partial charge < -0.3 is 14.7 Å². The van der Waals surface area contributed by atoms with Crippen molar-refractivity contribution in [1.29, 1.82) is 0 Å². The van der Waals surface area contributed by atoms with E-state index in [1.807, 2.05) is 0 Å². The molecule has 7 heteroatoms. The number of anilines is 1. The maximum atomic E-state index is 11.5. The van der Waals surface area contributed by atoms with Gasteiger partial charge in [-0.1, -0.05) is 0 Å². The lowest BCUT2D eigenvalue weighted by Gasteiger charge is -2.32. The van der Waals surface area contributed by atoms with Crippen molar-refractivity contribution in [1.82, 2.24) is 0 Å². The largest absolute Gasteiger partial charge is 0.496 e. The summed E-state index contributed by atoms with van der Waals surface area (Å²) in [5.74, 6) is -0.600. The van der Waals surface area contributed by atoms with Crippen molar-refractivity contribution in [3.05, 3.63) is 28.3 Å². The number of rotatable bonds is 4. The molecule has 2 rings (SSSR count). The second kappa shape index (κ2) is 4.99. The van der Waals surface area contributed by atoms with Crippen molar-refractivity contribution in [2.24, 2.45) is 0 Å². The summed E-state index contributed by atoms with van der Waals surface area (Å²) in [6.45, 7) is 2.08. The van der Waals surface area contributed by atoms with E-state index in [9.17, 15) is 20.0 Å². The third-order valence-electron chi connectivity index (χ3n) is 3.77. The van der Waals surface area contributed by atoms with Gasteiger partial charge in [0, 0.05) is 6.54 Å². The van der Waals surface area contributed by atoms with Gasteiger partial charge in [0.25, 0.3) is 5.69 Å². The fourth-order valence-corrected chi connectivity index (χ4v) is 2.58. The van der Waals surface area contributed by atoms with Crippen LogP contribution in [0.5, 0.6) is 5.75 Å². The van der Waals surface area contributed by atoms with Crippen LogP contribution >= 0.6 is 0 Å². The summed E-state index contributed by atoms with van der Waals surface area (Å²) in [4.78, 5) is 23.8. The van der Waals surface area contributed by atoms with Gasteiger partial charge in [0.2, 0.25) is 0 Å². The minimum absolute atomic E-state index is 0.140. The Labute approximate surface area is 115 Å². The van der Waals surface area contributed by atoms with Crippen molar-refractivity contribution in [3.8, 4) is 5.75 Å². The van der Waals surface area contributed by atoms with E-state index in [1.54, 1.807) is 24.0 Å². The Morgan fingerprint density at radius 1 is 1.55 bits per heavy atom. The van der Waals surface area contributed by atoms with E-state index in [1.165, 1.54) is 13.2 Å².